The van der Waals surface area contributed by atoms with Crippen molar-refractivity contribution in [1.82, 2.24) is 14.8 Å². The fraction of sp³-hybridized carbons (Fsp3) is 0.467. The Hall–Kier alpha value is -3.32. The maximum absolute atomic E-state index is 13.6. The van der Waals surface area contributed by atoms with Gasteiger partial charge in [0.1, 0.15) is 11.4 Å². The number of fused-ring (bicyclic) bond motifs is 2. The average Bonchev–Trinajstić information content (AvgIpc) is 3.38. The van der Waals surface area contributed by atoms with Crippen LogP contribution in [0.25, 0.3) is 22.2 Å². The first-order valence-corrected chi connectivity index (χ1v) is 13.3. The van der Waals surface area contributed by atoms with Gasteiger partial charge in [0.15, 0.2) is 0 Å². The van der Waals surface area contributed by atoms with E-state index in [2.05, 4.69) is 22.3 Å². The quantitative estimate of drug-likeness (QED) is 0.455. The minimum atomic E-state index is -0.666. The maximum Gasteiger partial charge on any atom is 0.419 e. The zero-order chi connectivity index (χ0) is 26.3. The highest BCUT2D eigenvalue weighted by Gasteiger charge is 2.30. The Balaban J connectivity index is 1.66. The van der Waals surface area contributed by atoms with Gasteiger partial charge >= 0.3 is 6.09 Å². The molecule has 0 radical (unpaired) electrons. The summed E-state index contributed by atoms with van der Waals surface area (Å²) in [5.41, 5.74) is 4.05. The van der Waals surface area contributed by atoms with Crippen LogP contribution in [-0.4, -0.2) is 46.3 Å². The van der Waals surface area contributed by atoms with Crippen LogP contribution in [0, 0.1) is 0 Å². The summed E-state index contributed by atoms with van der Waals surface area (Å²) in [4.78, 5) is 29.0. The molecule has 0 saturated carbocycles. The van der Waals surface area contributed by atoms with E-state index in [1.54, 1.807) is 4.57 Å². The Morgan fingerprint density at radius 3 is 2.51 bits per heavy atom. The van der Waals surface area contributed by atoms with Crippen molar-refractivity contribution < 1.29 is 19.1 Å². The number of hydrogen-bond acceptors (Lipinski definition) is 5. The molecule has 5 rings (SSSR count). The molecule has 1 fully saturated rings. The second kappa shape index (κ2) is 9.86. The summed E-state index contributed by atoms with van der Waals surface area (Å²) in [7, 11) is 0. The molecule has 2 aromatic carbocycles. The van der Waals surface area contributed by atoms with E-state index in [1.165, 1.54) is 24.8 Å². The smallest absolute Gasteiger partial charge is 0.419 e. The molecule has 7 nitrogen and oxygen atoms in total. The summed E-state index contributed by atoms with van der Waals surface area (Å²) in [5, 5.41) is 3.87. The second-order valence-electron chi connectivity index (χ2n) is 11.4. The van der Waals surface area contributed by atoms with Gasteiger partial charge in [0, 0.05) is 24.0 Å². The molecule has 2 aliphatic heterocycles. The number of likely N-dealkylation sites (tertiary alicyclic amines) is 1. The van der Waals surface area contributed by atoms with Gasteiger partial charge in [-0.3, -0.25) is 9.69 Å². The zero-order valence-electron chi connectivity index (χ0n) is 22.5. The molecular weight excluding hydrogens is 466 g/mol. The fourth-order valence-electron chi connectivity index (χ4n) is 5.33. The van der Waals surface area contributed by atoms with E-state index in [9.17, 15) is 9.59 Å². The summed E-state index contributed by atoms with van der Waals surface area (Å²) in [6, 6.07) is 12.0. The number of benzene rings is 2. The summed E-state index contributed by atoms with van der Waals surface area (Å²) in [6.45, 7) is 13.1. The Bertz CT molecular complexity index is 1340. The van der Waals surface area contributed by atoms with Gasteiger partial charge in [0.05, 0.1) is 22.9 Å². The number of hydrogen-bond donors (Lipinski definition) is 1. The molecule has 196 valence electrons. The van der Waals surface area contributed by atoms with Gasteiger partial charge in [-0.05, 0) is 102 Å². The SMILES string of the molecule is CC(C)Oc1cc2c(c(-c3cc4cc(CN5CCCCC5)ccc4n3C(=O)OC(C)(C)C)c1)C(=O)NC2. The zero-order valence-corrected chi connectivity index (χ0v) is 22.5. The van der Waals surface area contributed by atoms with Crippen LogP contribution in [0.2, 0.25) is 0 Å². The molecule has 1 amide bonds. The largest absolute Gasteiger partial charge is 0.491 e. The van der Waals surface area contributed by atoms with Gasteiger partial charge in [0.2, 0.25) is 0 Å². The molecule has 0 unspecified atom stereocenters. The van der Waals surface area contributed by atoms with E-state index >= 15 is 0 Å². The van der Waals surface area contributed by atoms with Crippen molar-refractivity contribution in [2.45, 2.75) is 78.7 Å². The molecule has 1 N–H and O–H groups in total. The summed E-state index contributed by atoms with van der Waals surface area (Å²) >= 11 is 0. The van der Waals surface area contributed by atoms with E-state index in [4.69, 9.17) is 9.47 Å². The van der Waals surface area contributed by atoms with E-state index in [0.717, 1.165) is 36.1 Å². The van der Waals surface area contributed by atoms with E-state index < -0.39 is 11.7 Å². The third kappa shape index (κ3) is 5.37. The molecule has 2 aliphatic rings. The predicted octanol–water partition coefficient (Wildman–Crippen LogP) is 6.11. The number of piperidine rings is 1. The predicted molar refractivity (Wildman–Crippen MR) is 145 cm³/mol. The Morgan fingerprint density at radius 2 is 1.81 bits per heavy atom. The third-order valence-electron chi connectivity index (χ3n) is 6.80. The van der Waals surface area contributed by atoms with Crippen LogP contribution in [-0.2, 0) is 17.8 Å². The lowest BCUT2D eigenvalue weighted by atomic mass is 9.99. The highest BCUT2D eigenvalue weighted by molar-refractivity contribution is 6.07. The van der Waals surface area contributed by atoms with Crippen LogP contribution >= 0.6 is 0 Å². The van der Waals surface area contributed by atoms with Crippen molar-refractivity contribution in [2.75, 3.05) is 13.1 Å². The van der Waals surface area contributed by atoms with Gasteiger partial charge in [0.25, 0.3) is 5.91 Å². The van der Waals surface area contributed by atoms with Gasteiger partial charge in [-0.15, -0.1) is 0 Å². The molecule has 3 heterocycles. The molecule has 3 aromatic rings. The lowest BCUT2D eigenvalue weighted by Crippen LogP contribution is -2.29. The Labute approximate surface area is 218 Å². The first kappa shape index (κ1) is 25.3. The van der Waals surface area contributed by atoms with Gasteiger partial charge in [-0.1, -0.05) is 12.5 Å². The Kier molecular flexibility index (Phi) is 6.75. The van der Waals surface area contributed by atoms with Crippen LogP contribution in [0.3, 0.4) is 0 Å². The number of rotatable bonds is 5. The normalized spacial score (nSPS) is 16.2. The molecule has 1 saturated heterocycles. The van der Waals surface area contributed by atoms with Crippen LogP contribution in [0.4, 0.5) is 4.79 Å². The van der Waals surface area contributed by atoms with Gasteiger partial charge < -0.3 is 14.8 Å². The van der Waals surface area contributed by atoms with Crippen LogP contribution in [0.5, 0.6) is 5.75 Å². The first-order chi connectivity index (χ1) is 17.6. The number of nitrogens with one attached hydrogen (secondary N) is 1. The third-order valence-corrected chi connectivity index (χ3v) is 6.80. The van der Waals surface area contributed by atoms with Crippen molar-refractivity contribution in [1.29, 1.82) is 0 Å². The standard InChI is InChI=1S/C30H37N3O4/c1-19(2)36-23-14-22-17-31-28(34)27(22)24(16-23)26-15-21-13-20(18-32-11-7-6-8-12-32)9-10-25(21)33(26)29(35)37-30(3,4)5/h9-10,13-16,19H,6-8,11-12,17-18H2,1-5H3,(H,31,34). The first-order valence-electron chi connectivity index (χ1n) is 13.3. The summed E-state index contributed by atoms with van der Waals surface area (Å²) in [5.74, 6) is 0.528. The number of nitrogens with zero attached hydrogens (tertiary/aromatic N) is 2. The van der Waals surface area contributed by atoms with Crippen LogP contribution < -0.4 is 10.1 Å². The molecule has 0 atom stereocenters. The van der Waals surface area contributed by atoms with Crippen molar-refractivity contribution in [3.8, 4) is 17.0 Å². The topological polar surface area (TPSA) is 72.8 Å². The molecule has 0 bridgehead atoms. The minimum Gasteiger partial charge on any atom is -0.491 e. The van der Waals surface area contributed by atoms with Crippen molar-refractivity contribution in [3.63, 3.8) is 0 Å². The summed E-state index contributed by atoms with van der Waals surface area (Å²) < 4.78 is 13.5. The van der Waals surface area contributed by atoms with Crippen molar-refractivity contribution in [2.24, 2.45) is 0 Å². The number of amides is 1. The highest BCUT2D eigenvalue weighted by Crippen LogP contribution is 2.38. The minimum absolute atomic E-state index is 0.0231. The van der Waals surface area contributed by atoms with Gasteiger partial charge in [-0.25, -0.2) is 9.36 Å². The molecule has 0 spiro atoms. The molecule has 0 aliphatic carbocycles. The monoisotopic (exact) mass is 503 g/mol. The number of ether oxygens (including phenoxy) is 2. The van der Waals surface area contributed by atoms with E-state index in [1.807, 2.05) is 58.9 Å². The molecule has 37 heavy (non-hydrogen) atoms. The van der Waals surface area contributed by atoms with E-state index in [0.29, 0.717) is 29.1 Å². The maximum atomic E-state index is 13.6. The molecule has 7 heteroatoms. The fourth-order valence-corrected chi connectivity index (χ4v) is 5.33. The average molecular weight is 504 g/mol. The number of aromatic nitrogens is 1. The number of carbonyl (C=O) groups is 2. The van der Waals surface area contributed by atoms with Crippen molar-refractivity contribution in [3.05, 3.63) is 53.1 Å². The highest BCUT2D eigenvalue weighted by atomic mass is 16.6. The van der Waals surface area contributed by atoms with Gasteiger partial charge in [-0.2, -0.15) is 0 Å². The van der Waals surface area contributed by atoms with Crippen molar-refractivity contribution >= 4 is 22.9 Å². The lowest BCUT2D eigenvalue weighted by molar-refractivity contribution is 0.0546. The van der Waals surface area contributed by atoms with Crippen LogP contribution in [0.15, 0.2) is 36.4 Å². The van der Waals surface area contributed by atoms with Crippen LogP contribution in [0.1, 0.15) is 75.4 Å². The van der Waals surface area contributed by atoms with E-state index in [-0.39, 0.29) is 12.0 Å². The molecule has 1 aromatic heterocycles. The second-order valence-corrected chi connectivity index (χ2v) is 11.4. The Morgan fingerprint density at radius 1 is 1.05 bits per heavy atom. The lowest BCUT2D eigenvalue weighted by Gasteiger charge is -2.26. The molecular formula is C30H37N3O4. The number of carbonyl (C=O) groups excluding carboxylic acids is 2. The summed E-state index contributed by atoms with van der Waals surface area (Å²) in [6.07, 6.45) is 3.29.